The number of hydrogen-bond donors (Lipinski definition) is 1. The highest BCUT2D eigenvalue weighted by atomic mass is 16.5. The van der Waals surface area contributed by atoms with Gasteiger partial charge in [0.1, 0.15) is 6.54 Å². The number of likely N-dealkylation sites (N-methyl/N-ethyl adjacent to an activating group) is 1. The maximum atomic E-state index is 11.7. The molecule has 0 aliphatic rings. The van der Waals surface area contributed by atoms with Crippen LogP contribution in [0, 0.1) is 0 Å². The topological polar surface area (TPSA) is 87.2 Å². The van der Waals surface area contributed by atoms with E-state index < -0.39 is 18.4 Å². The third-order valence-electron chi connectivity index (χ3n) is 2.15. The van der Waals surface area contributed by atoms with Crippen LogP contribution in [0.25, 0.3) is 0 Å². The summed E-state index contributed by atoms with van der Waals surface area (Å²) in [4.78, 5) is 35.6. The molecular weight excluding hydrogens is 228 g/mol. The fourth-order valence-electron chi connectivity index (χ4n) is 1.07. The highest BCUT2D eigenvalue weighted by molar-refractivity contribution is 5.86. The van der Waals surface area contributed by atoms with Crippen molar-refractivity contribution >= 4 is 17.8 Å². The molecule has 0 bridgehead atoms. The fraction of sp³-hybridized carbons (Fsp3) is 0.700. The van der Waals surface area contributed by atoms with E-state index in [2.05, 4.69) is 0 Å². The van der Waals surface area contributed by atoms with Gasteiger partial charge in [0.15, 0.2) is 0 Å². The van der Waals surface area contributed by atoms with Gasteiger partial charge in [-0.3, -0.25) is 14.4 Å². The van der Waals surface area contributed by atoms with Gasteiger partial charge in [-0.2, -0.15) is 0 Å². The van der Waals surface area contributed by atoms with Crippen molar-refractivity contribution in [3.8, 4) is 0 Å². The summed E-state index contributed by atoms with van der Waals surface area (Å²) >= 11 is 0. The summed E-state index contributed by atoms with van der Waals surface area (Å²) < 4.78 is 4.79. The smallest absolute Gasteiger partial charge is 0.323 e. The van der Waals surface area contributed by atoms with E-state index in [9.17, 15) is 14.4 Å². The van der Waals surface area contributed by atoms with Crippen molar-refractivity contribution in [2.45, 2.75) is 6.92 Å². The number of aliphatic carboxylic acids is 1. The van der Waals surface area contributed by atoms with E-state index in [1.54, 1.807) is 0 Å². The van der Waals surface area contributed by atoms with Crippen LogP contribution in [-0.2, 0) is 19.1 Å². The number of nitrogens with zero attached hydrogens (tertiary/aromatic N) is 2. The molecule has 0 aliphatic carbocycles. The van der Waals surface area contributed by atoms with Crippen LogP contribution in [0.4, 0.5) is 0 Å². The van der Waals surface area contributed by atoms with Crippen molar-refractivity contribution in [1.29, 1.82) is 0 Å². The maximum absolute atomic E-state index is 11.7. The molecule has 0 fully saturated rings. The van der Waals surface area contributed by atoms with E-state index >= 15 is 0 Å². The van der Waals surface area contributed by atoms with Gasteiger partial charge >= 0.3 is 5.97 Å². The molecule has 0 atom stereocenters. The average molecular weight is 246 g/mol. The molecule has 1 N–H and O–H groups in total. The Morgan fingerprint density at radius 1 is 1.24 bits per heavy atom. The Bertz CT molecular complexity index is 292. The monoisotopic (exact) mass is 246 g/mol. The summed E-state index contributed by atoms with van der Waals surface area (Å²) in [5.74, 6) is -1.76. The van der Waals surface area contributed by atoms with E-state index in [1.165, 1.54) is 26.0 Å². The van der Waals surface area contributed by atoms with Crippen LogP contribution >= 0.6 is 0 Å². The number of carbonyl (C=O) groups excluding carboxylic acids is 2. The largest absolute Gasteiger partial charge is 0.480 e. The van der Waals surface area contributed by atoms with E-state index in [-0.39, 0.29) is 25.6 Å². The molecule has 0 unspecified atom stereocenters. The number of carboxylic acid groups (broad SMARTS) is 1. The third kappa shape index (κ3) is 6.52. The van der Waals surface area contributed by atoms with Crippen molar-refractivity contribution in [2.75, 3.05) is 40.4 Å². The van der Waals surface area contributed by atoms with Crippen LogP contribution < -0.4 is 0 Å². The summed E-state index contributed by atoms with van der Waals surface area (Å²) in [6.45, 7) is 1.25. The van der Waals surface area contributed by atoms with Crippen molar-refractivity contribution in [3.05, 3.63) is 0 Å². The second-order valence-electron chi connectivity index (χ2n) is 3.58. The van der Waals surface area contributed by atoms with Gasteiger partial charge in [0.2, 0.25) is 11.8 Å². The minimum absolute atomic E-state index is 0.133. The lowest BCUT2D eigenvalue weighted by Crippen LogP contribution is -2.44. The maximum Gasteiger partial charge on any atom is 0.323 e. The highest BCUT2D eigenvalue weighted by Gasteiger charge is 2.18. The van der Waals surface area contributed by atoms with Gasteiger partial charge in [-0.15, -0.1) is 0 Å². The standard InChI is InChI=1S/C10H18N2O5/c1-8(13)11(2)6-9(14)12(4-5-17-3)7-10(15)16/h4-7H2,1-3H3,(H,15,16). The normalized spacial score (nSPS) is 9.82. The first-order valence-electron chi connectivity index (χ1n) is 5.08. The van der Waals surface area contributed by atoms with Crippen LogP contribution in [0.1, 0.15) is 6.92 Å². The summed E-state index contributed by atoms with van der Waals surface area (Å²) in [5.41, 5.74) is 0. The number of rotatable bonds is 7. The van der Waals surface area contributed by atoms with E-state index in [1.807, 2.05) is 0 Å². The van der Waals surface area contributed by atoms with Crippen molar-refractivity contribution in [2.24, 2.45) is 0 Å². The molecule has 0 aromatic rings. The number of ether oxygens (including phenoxy) is 1. The molecule has 0 saturated carbocycles. The average Bonchev–Trinajstić information content (AvgIpc) is 2.23. The number of carboxylic acids is 1. The molecule has 2 amide bonds. The number of amides is 2. The lowest BCUT2D eigenvalue weighted by Gasteiger charge is -2.23. The van der Waals surface area contributed by atoms with Gasteiger partial charge in [0.25, 0.3) is 0 Å². The Labute approximate surface area is 99.9 Å². The lowest BCUT2D eigenvalue weighted by molar-refractivity contribution is -0.146. The van der Waals surface area contributed by atoms with Gasteiger partial charge in [0.05, 0.1) is 13.2 Å². The van der Waals surface area contributed by atoms with Gasteiger partial charge in [-0.05, 0) is 0 Å². The first-order valence-corrected chi connectivity index (χ1v) is 5.08. The van der Waals surface area contributed by atoms with Crippen LogP contribution in [-0.4, -0.2) is 73.1 Å². The molecule has 7 heteroatoms. The van der Waals surface area contributed by atoms with Crippen LogP contribution in [0.3, 0.4) is 0 Å². The second-order valence-corrected chi connectivity index (χ2v) is 3.58. The number of carbonyl (C=O) groups is 3. The molecule has 0 radical (unpaired) electrons. The first-order chi connectivity index (χ1) is 7.88. The second kappa shape index (κ2) is 7.61. The lowest BCUT2D eigenvalue weighted by atomic mass is 10.4. The molecule has 98 valence electrons. The molecule has 0 spiro atoms. The van der Waals surface area contributed by atoms with Crippen LogP contribution in [0.5, 0.6) is 0 Å². The highest BCUT2D eigenvalue weighted by Crippen LogP contribution is 1.94. The quantitative estimate of drug-likeness (QED) is 0.624. The molecule has 0 heterocycles. The number of hydrogen-bond acceptors (Lipinski definition) is 4. The predicted octanol–water partition coefficient (Wildman–Crippen LogP) is -0.976. The first kappa shape index (κ1) is 15.4. The molecule has 0 aromatic carbocycles. The van der Waals surface area contributed by atoms with Crippen molar-refractivity contribution in [3.63, 3.8) is 0 Å². The number of methoxy groups -OCH3 is 1. The molecule has 7 nitrogen and oxygen atoms in total. The van der Waals surface area contributed by atoms with Gasteiger partial charge < -0.3 is 19.6 Å². The summed E-state index contributed by atoms with van der Waals surface area (Å²) in [7, 11) is 2.95. The molecule has 0 aliphatic heterocycles. The molecule has 0 rings (SSSR count). The van der Waals surface area contributed by atoms with Gasteiger partial charge in [-0.1, -0.05) is 0 Å². The van der Waals surface area contributed by atoms with E-state index in [4.69, 9.17) is 9.84 Å². The van der Waals surface area contributed by atoms with Crippen LogP contribution in [0.15, 0.2) is 0 Å². The summed E-state index contributed by atoms with van der Waals surface area (Å²) in [5, 5.41) is 8.66. The molecule has 0 saturated heterocycles. The Hall–Kier alpha value is -1.63. The zero-order valence-corrected chi connectivity index (χ0v) is 10.3. The Morgan fingerprint density at radius 3 is 2.24 bits per heavy atom. The van der Waals surface area contributed by atoms with Gasteiger partial charge in [-0.25, -0.2) is 0 Å². The van der Waals surface area contributed by atoms with E-state index in [0.29, 0.717) is 0 Å². The van der Waals surface area contributed by atoms with Crippen LogP contribution in [0.2, 0.25) is 0 Å². The van der Waals surface area contributed by atoms with Crippen molar-refractivity contribution < 1.29 is 24.2 Å². The molecule has 17 heavy (non-hydrogen) atoms. The summed E-state index contributed by atoms with van der Waals surface area (Å²) in [6.07, 6.45) is 0. The summed E-state index contributed by atoms with van der Waals surface area (Å²) in [6, 6.07) is 0. The molecule has 0 aromatic heterocycles. The minimum Gasteiger partial charge on any atom is -0.480 e. The SMILES string of the molecule is COCCN(CC(=O)O)C(=O)CN(C)C(C)=O. The zero-order valence-electron chi connectivity index (χ0n) is 10.3. The fourth-order valence-corrected chi connectivity index (χ4v) is 1.07. The Kier molecular flexibility index (Phi) is 6.88. The Morgan fingerprint density at radius 2 is 1.82 bits per heavy atom. The van der Waals surface area contributed by atoms with Crippen molar-refractivity contribution in [1.82, 2.24) is 9.80 Å². The molecular formula is C10H18N2O5. The third-order valence-corrected chi connectivity index (χ3v) is 2.15. The van der Waals surface area contributed by atoms with Gasteiger partial charge in [0, 0.05) is 27.6 Å². The zero-order chi connectivity index (χ0) is 13.4. The van der Waals surface area contributed by atoms with E-state index in [0.717, 1.165) is 4.90 Å². The minimum atomic E-state index is -1.10. The Balaban J connectivity index is 4.40. The predicted molar refractivity (Wildman–Crippen MR) is 59.4 cm³/mol.